The molecule has 4 heteroatoms. The Bertz CT molecular complexity index is 213. The van der Waals surface area contributed by atoms with E-state index in [9.17, 15) is 4.79 Å². The molecule has 0 aromatic rings. The van der Waals surface area contributed by atoms with E-state index in [4.69, 9.17) is 9.84 Å². The minimum Gasteiger partial charge on any atom is -0.465 e. The van der Waals surface area contributed by atoms with Crippen LogP contribution < -0.4 is 0 Å². The van der Waals surface area contributed by atoms with E-state index in [0.717, 1.165) is 32.3 Å². The normalized spacial score (nSPS) is 26.4. The van der Waals surface area contributed by atoms with Crippen LogP contribution >= 0.6 is 0 Å². The molecule has 4 nitrogen and oxygen atoms in total. The van der Waals surface area contributed by atoms with Crippen LogP contribution in [0.4, 0.5) is 4.79 Å². The summed E-state index contributed by atoms with van der Waals surface area (Å²) in [5.41, 5.74) is 0.0181. The molecule has 14 heavy (non-hydrogen) atoms. The van der Waals surface area contributed by atoms with Gasteiger partial charge in [0.15, 0.2) is 0 Å². The van der Waals surface area contributed by atoms with Gasteiger partial charge in [0, 0.05) is 19.7 Å². The second-order valence-corrected chi connectivity index (χ2v) is 4.26. The van der Waals surface area contributed by atoms with Gasteiger partial charge in [-0.3, -0.25) is 0 Å². The average Bonchev–Trinajstić information content (AvgIpc) is 2.19. The predicted molar refractivity (Wildman–Crippen MR) is 51.4 cm³/mol. The topological polar surface area (TPSA) is 49.8 Å². The van der Waals surface area contributed by atoms with Crippen LogP contribution in [0.15, 0.2) is 0 Å². The van der Waals surface area contributed by atoms with Crippen molar-refractivity contribution in [2.24, 2.45) is 0 Å². The van der Waals surface area contributed by atoms with Crippen molar-refractivity contribution in [3.63, 3.8) is 0 Å². The van der Waals surface area contributed by atoms with Crippen molar-refractivity contribution in [1.29, 1.82) is 0 Å². The summed E-state index contributed by atoms with van der Waals surface area (Å²) in [5.74, 6) is 0. The van der Waals surface area contributed by atoms with Gasteiger partial charge in [-0.2, -0.15) is 0 Å². The monoisotopic (exact) mass is 199 g/mol. The van der Waals surface area contributed by atoms with E-state index in [1.54, 1.807) is 0 Å². The van der Waals surface area contributed by atoms with Crippen LogP contribution in [-0.2, 0) is 4.74 Å². The molecule has 0 atom stereocenters. The Kier molecular flexibility index (Phi) is 2.63. The summed E-state index contributed by atoms with van der Waals surface area (Å²) < 4.78 is 5.81. The minimum absolute atomic E-state index is 0.0181. The Balaban J connectivity index is 1.90. The molecular weight excluding hydrogens is 182 g/mol. The highest BCUT2D eigenvalue weighted by Gasteiger charge is 2.37. The Morgan fingerprint density at radius 3 is 2.43 bits per heavy atom. The van der Waals surface area contributed by atoms with Gasteiger partial charge in [-0.05, 0) is 32.1 Å². The fraction of sp³-hybridized carbons (Fsp3) is 0.900. The molecule has 1 spiro atoms. The van der Waals surface area contributed by atoms with E-state index in [1.807, 2.05) is 0 Å². The van der Waals surface area contributed by atoms with E-state index < -0.39 is 6.09 Å². The first-order valence-corrected chi connectivity index (χ1v) is 5.34. The molecule has 0 unspecified atom stereocenters. The van der Waals surface area contributed by atoms with Crippen molar-refractivity contribution in [1.82, 2.24) is 4.90 Å². The average molecular weight is 199 g/mol. The molecule has 80 valence electrons. The first-order valence-electron chi connectivity index (χ1n) is 5.34. The van der Waals surface area contributed by atoms with Gasteiger partial charge in [0.05, 0.1) is 5.60 Å². The van der Waals surface area contributed by atoms with E-state index >= 15 is 0 Å². The Morgan fingerprint density at radius 1 is 1.21 bits per heavy atom. The summed E-state index contributed by atoms with van der Waals surface area (Å²) in [4.78, 5) is 12.2. The highest BCUT2D eigenvalue weighted by Crippen LogP contribution is 2.34. The van der Waals surface area contributed by atoms with Gasteiger partial charge in [0.25, 0.3) is 0 Å². The van der Waals surface area contributed by atoms with Crippen LogP contribution in [0, 0.1) is 0 Å². The quantitative estimate of drug-likeness (QED) is 0.646. The number of carboxylic acid groups (broad SMARTS) is 1. The van der Waals surface area contributed by atoms with Crippen LogP contribution in [0.25, 0.3) is 0 Å². The summed E-state index contributed by atoms with van der Waals surface area (Å²) >= 11 is 0. The third-order valence-corrected chi connectivity index (χ3v) is 3.38. The molecule has 2 aliphatic rings. The maximum Gasteiger partial charge on any atom is 0.407 e. The van der Waals surface area contributed by atoms with E-state index in [-0.39, 0.29) is 5.60 Å². The van der Waals surface area contributed by atoms with Crippen molar-refractivity contribution in [3.8, 4) is 0 Å². The lowest BCUT2D eigenvalue weighted by Crippen LogP contribution is -2.49. The van der Waals surface area contributed by atoms with Crippen molar-refractivity contribution in [3.05, 3.63) is 0 Å². The molecular formula is C10H17NO3. The predicted octanol–water partition coefficient (Wildman–Crippen LogP) is 1.70. The second-order valence-electron chi connectivity index (χ2n) is 4.26. The fourth-order valence-corrected chi connectivity index (χ4v) is 2.41. The minimum atomic E-state index is -0.796. The third kappa shape index (κ3) is 1.85. The molecule has 0 aromatic heterocycles. The summed E-state index contributed by atoms with van der Waals surface area (Å²) in [6.07, 6.45) is 4.45. The SMILES string of the molecule is O=C(O)N1CCC2(CCCCO2)CC1. The van der Waals surface area contributed by atoms with Crippen molar-refractivity contribution >= 4 is 6.09 Å². The maximum atomic E-state index is 10.7. The zero-order chi connectivity index (χ0) is 10.0. The molecule has 1 amide bonds. The summed E-state index contributed by atoms with van der Waals surface area (Å²) in [7, 11) is 0. The summed E-state index contributed by atoms with van der Waals surface area (Å²) in [6, 6.07) is 0. The number of likely N-dealkylation sites (tertiary alicyclic amines) is 1. The van der Waals surface area contributed by atoms with E-state index in [1.165, 1.54) is 11.3 Å². The molecule has 0 bridgehead atoms. The molecule has 0 saturated carbocycles. The Hall–Kier alpha value is -0.770. The molecule has 2 fully saturated rings. The Morgan fingerprint density at radius 2 is 1.93 bits per heavy atom. The lowest BCUT2D eigenvalue weighted by Gasteiger charge is -2.43. The molecule has 1 N–H and O–H groups in total. The maximum absolute atomic E-state index is 10.7. The molecule has 2 rings (SSSR count). The highest BCUT2D eigenvalue weighted by molar-refractivity contribution is 5.65. The van der Waals surface area contributed by atoms with Crippen LogP contribution in [0.5, 0.6) is 0 Å². The lowest BCUT2D eigenvalue weighted by atomic mass is 9.85. The molecule has 2 aliphatic heterocycles. The number of amides is 1. The molecule has 0 aromatic carbocycles. The van der Waals surface area contributed by atoms with E-state index in [2.05, 4.69) is 0 Å². The number of hydrogen-bond donors (Lipinski definition) is 1. The number of rotatable bonds is 0. The fourth-order valence-electron chi connectivity index (χ4n) is 2.41. The van der Waals surface area contributed by atoms with Crippen LogP contribution in [0.3, 0.4) is 0 Å². The number of ether oxygens (including phenoxy) is 1. The van der Waals surface area contributed by atoms with Gasteiger partial charge in [-0.25, -0.2) is 4.79 Å². The van der Waals surface area contributed by atoms with Gasteiger partial charge in [0.2, 0.25) is 0 Å². The number of carbonyl (C=O) groups is 1. The highest BCUT2D eigenvalue weighted by atomic mass is 16.5. The largest absolute Gasteiger partial charge is 0.465 e. The van der Waals surface area contributed by atoms with Crippen molar-refractivity contribution in [2.45, 2.75) is 37.7 Å². The second kappa shape index (κ2) is 3.77. The number of nitrogens with zero attached hydrogens (tertiary/aromatic N) is 1. The number of piperidine rings is 1. The van der Waals surface area contributed by atoms with Gasteiger partial charge < -0.3 is 14.7 Å². The smallest absolute Gasteiger partial charge is 0.407 e. The summed E-state index contributed by atoms with van der Waals surface area (Å²) in [6.45, 7) is 2.12. The standard InChI is InChI=1S/C10H17NO3/c12-9(13)11-6-4-10(5-7-11)3-1-2-8-14-10/h1-8H2,(H,12,13). The first-order chi connectivity index (χ1) is 6.72. The first kappa shape index (κ1) is 9.77. The summed E-state index contributed by atoms with van der Waals surface area (Å²) in [5, 5.41) is 8.81. The lowest BCUT2D eigenvalue weighted by molar-refractivity contribution is -0.107. The van der Waals surface area contributed by atoms with Crippen LogP contribution in [0.1, 0.15) is 32.1 Å². The van der Waals surface area contributed by atoms with Crippen molar-refractivity contribution in [2.75, 3.05) is 19.7 Å². The molecule has 0 radical (unpaired) electrons. The Labute approximate surface area is 83.8 Å². The van der Waals surface area contributed by atoms with Gasteiger partial charge >= 0.3 is 6.09 Å². The van der Waals surface area contributed by atoms with Crippen LogP contribution in [-0.4, -0.2) is 41.4 Å². The third-order valence-electron chi connectivity index (χ3n) is 3.38. The molecule has 0 aliphatic carbocycles. The van der Waals surface area contributed by atoms with Crippen LogP contribution in [0.2, 0.25) is 0 Å². The van der Waals surface area contributed by atoms with Crippen molar-refractivity contribution < 1.29 is 14.6 Å². The molecule has 2 saturated heterocycles. The number of hydrogen-bond acceptors (Lipinski definition) is 2. The van der Waals surface area contributed by atoms with E-state index in [0.29, 0.717) is 13.1 Å². The zero-order valence-corrected chi connectivity index (χ0v) is 8.37. The molecule has 2 heterocycles. The zero-order valence-electron chi connectivity index (χ0n) is 8.37. The van der Waals surface area contributed by atoms with Gasteiger partial charge in [0.1, 0.15) is 0 Å². The van der Waals surface area contributed by atoms with Gasteiger partial charge in [-0.1, -0.05) is 0 Å². The van der Waals surface area contributed by atoms with Gasteiger partial charge in [-0.15, -0.1) is 0 Å².